The summed E-state index contributed by atoms with van der Waals surface area (Å²) >= 11 is 0. The Labute approximate surface area is 217 Å². The van der Waals surface area contributed by atoms with Crippen molar-refractivity contribution in [2.24, 2.45) is 5.92 Å². The summed E-state index contributed by atoms with van der Waals surface area (Å²) in [6.45, 7) is 4.75. The highest BCUT2D eigenvalue weighted by Gasteiger charge is 2.31. The van der Waals surface area contributed by atoms with Gasteiger partial charge in [-0.2, -0.15) is 4.31 Å². The van der Waals surface area contributed by atoms with Crippen molar-refractivity contribution in [3.63, 3.8) is 0 Å². The van der Waals surface area contributed by atoms with Crippen LogP contribution in [0.1, 0.15) is 32.4 Å². The van der Waals surface area contributed by atoms with E-state index in [4.69, 9.17) is 4.74 Å². The summed E-state index contributed by atoms with van der Waals surface area (Å²) in [4.78, 5) is 14.9. The van der Waals surface area contributed by atoms with Gasteiger partial charge in [0.2, 0.25) is 15.9 Å². The van der Waals surface area contributed by atoms with E-state index in [9.17, 15) is 18.3 Å². The van der Waals surface area contributed by atoms with Crippen molar-refractivity contribution in [2.45, 2.75) is 56.9 Å². The van der Waals surface area contributed by atoms with E-state index in [1.807, 2.05) is 31.2 Å². The van der Waals surface area contributed by atoms with E-state index in [0.717, 1.165) is 16.5 Å². The number of carbonyl (C=O) groups excluding carboxylic acids is 1. The summed E-state index contributed by atoms with van der Waals surface area (Å²) in [6.07, 6.45) is 2.02. The van der Waals surface area contributed by atoms with Crippen LogP contribution in [0.15, 0.2) is 53.6 Å². The largest absolute Gasteiger partial charge is 0.394 e. The smallest absolute Gasteiger partial charge is 0.242 e. The lowest BCUT2D eigenvalue weighted by Gasteiger charge is -2.35. The SMILES string of the molecule is C[C@H](CO)N1C[C@H](C)[C@@H](CN(C)S(=O)(=O)c2ccc3ccccc3c2)OCc2cnnn2CCCC1=O. The van der Waals surface area contributed by atoms with E-state index in [-0.39, 0.29) is 42.5 Å². The molecule has 3 atom stereocenters. The molecule has 3 aromatic rings. The summed E-state index contributed by atoms with van der Waals surface area (Å²) in [5.41, 5.74) is 0.769. The third-order valence-corrected chi connectivity index (χ3v) is 8.83. The van der Waals surface area contributed by atoms with Gasteiger partial charge in [0, 0.05) is 39.0 Å². The van der Waals surface area contributed by atoms with Crippen LogP contribution in [0, 0.1) is 5.92 Å². The molecule has 0 saturated carbocycles. The van der Waals surface area contributed by atoms with Crippen molar-refractivity contribution in [3.05, 3.63) is 54.4 Å². The Hall–Kier alpha value is -2.86. The van der Waals surface area contributed by atoms with Gasteiger partial charge < -0.3 is 14.7 Å². The number of aliphatic hydroxyl groups is 1. The zero-order valence-corrected chi connectivity index (χ0v) is 22.3. The van der Waals surface area contributed by atoms with Gasteiger partial charge >= 0.3 is 0 Å². The Morgan fingerprint density at radius 2 is 1.97 bits per heavy atom. The molecule has 37 heavy (non-hydrogen) atoms. The lowest BCUT2D eigenvalue weighted by Crippen LogP contribution is -2.47. The number of rotatable bonds is 6. The number of benzene rings is 2. The number of fused-ring (bicyclic) bond motifs is 2. The number of carbonyl (C=O) groups is 1. The first-order chi connectivity index (χ1) is 17.7. The molecule has 0 saturated heterocycles. The number of hydrogen-bond acceptors (Lipinski definition) is 7. The standard InChI is InChI=1S/C26H35N5O5S/c1-19-15-30(20(2)17-32)26(33)9-6-12-31-23(14-27-28-31)18-36-25(19)16-29(3)37(34,35)24-11-10-21-7-4-5-8-22(21)13-24/h4-5,7-8,10-11,13-14,19-20,25,32H,6,9,12,15-18H2,1-3H3/t19-,20+,25+/m0/s1. The average molecular weight is 530 g/mol. The third kappa shape index (κ3) is 6.18. The fourth-order valence-electron chi connectivity index (χ4n) is 4.61. The van der Waals surface area contributed by atoms with E-state index in [1.165, 1.54) is 4.31 Å². The average Bonchev–Trinajstić information content (AvgIpc) is 3.34. The van der Waals surface area contributed by atoms with Crippen LogP contribution in [0.25, 0.3) is 10.8 Å². The highest BCUT2D eigenvalue weighted by molar-refractivity contribution is 7.89. The molecular weight excluding hydrogens is 494 g/mol. The van der Waals surface area contributed by atoms with E-state index in [0.29, 0.717) is 25.9 Å². The van der Waals surface area contributed by atoms with Crippen molar-refractivity contribution in [2.75, 3.05) is 26.7 Å². The number of aliphatic hydroxyl groups excluding tert-OH is 1. The van der Waals surface area contributed by atoms with Crippen molar-refractivity contribution >= 4 is 26.7 Å². The molecule has 1 aromatic heterocycles. The van der Waals surface area contributed by atoms with Crippen molar-refractivity contribution < 1.29 is 23.1 Å². The Kier molecular flexibility index (Phi) is 8.58. The minimum Gasteiger partial charge on any atom is -0.394 e. The highest BCUT2D eigenvalue weighted by atomic mass is 32.2. The summed E-state index contributed by atoms with van der Waals surface area (Å²) in [7, 11) is -2.25. The number of hydrogen-bond donors (Lipinski definition) is 1. The molecule has 0 aliphatic carbocycles. The number of nitrogens with zero attached hydrogens (tertiary/aromatic N) is 5. The molecule has 0 fully saturated rings. The first-order valence-corrected chi connectivity index (χ1v) is 14.0. The monoisotopic (exact) mass is 529 g/mol. The molecule has 0 spiro atoms. The number of likely N-dealkylation sites (N-methyl/N-ethyl adjacent to an activating group) is 1. The maximum Gasteiger partial charge on any atom is 0.242 e. The van der Waals surface area contributed by atoms with Gasteiger partial charge in [-0.3, -0.25) is 4.79 Å². The fraction of sp³-hybridized carbons (Fsp3) is 0.500. The lowest BCUT2D eigenvalue weighted by molar-refractivity contribution is -0.136. The third-order valence-electron chi connectivity index (χ3n) is 7.01. The molecule has 2 aromatic carbocycles. The summed E-state index contributed by atoms with van der Waals surface area (Å²) in [5.74, 6) is -0.275. The van der Waals surface area contributed by atoms with E-state index in [1.54, 1.807) is 47.9 Å². The molecule has 1 N–H and O–H groups in total. The first-order valence-electron chi connectivity index (χ1n) is 12.5. The molecule has 200 valence electrons. The second-order valence-electron chi connectivity index (χ2n) is 9.75. The molecule has 1 aliphatic heterocycles. The van der Waals surface area contributed by atoms with Crippen molar-refractivity contribution in [3.8, 4) is 0 Å². The maximum absolute atomic E-state index is 13.5. The zero-order valence-electron chi connectivity index (χ0n) is 21.5. The Balaban J connectivity index is 1.60. The maximum atomic E-state index is 13.5. The summed E-state index contributed by atoms with van der Waals surface area (Å²) < 4.78 is 36.3. The normalized spacial score (nSPS) is 20.9. The molecule has 2 heterocycles. The summed E-state index contributed by atoms with van der Waals surface area (Å²) in [5, 5.41) is 19.7. The number of amides is 1. The number of aryl methyl sites for hydroxylation is 1. The molecule has 10 nitrogen and oxygen atoms in total. The second-order valence-corrected chi connectivity index (χ2v) is 11.8. The number of ether oxygens (including phenoxy) is 1. The Morgan fingerprint density at radius 1 is 1.22 bits per heavy atom. The van der Waals surface area contributed by atoms with Gasteiger partial charge in [-0.05, 0) is 36.2 Å². The first kappa shape index (κ1) is 27.2. The van der Waals surface area contributed by atoms with Crippen LogP contribution in [0.5, 0.6) is 0 Å². The zero-order chi connectivity index (χ0) is 26.6. The molecule has 11 heteroatoms. The van der Waals surface area contributed by atoms with Crippen molar-refractivity contribution in [1.82, 2.24) is 24.2 Å². The van der Waals surface area contributed by atoms with Gasteiger partial charge in [0.05, 0.1) is 42.1 Å². The fourth-order valence-corrected chi connectivity index (χ4v) is 5.82. The van der Waals surface area contributed by atoms with Crippen LogP contribution in [-0.4, -0.2) is 82.5 Å². The summed E-state index contributed by atoms with van der Waals surface area (Å²) in [6, 6.07) is 12.4. The topological polar surface area (TPSA) is 118 Å². The minimum absolute atomic E-state index is 0.0634. The Bertz CT molecular complexity index is 1330. The van der Waals surface area contributed by atoms with Crippen LogP contribution in [0.3, 0.4) is 0 Å². The molecule has 0 radical (unpaired) electrons. The number of aromatic nitrogens is 3. The predicted octanol–water partition coefficient (Wildman–Crippen LogP) is 2.28. The number of sulfonamides is 1. The Morgan fingerprint density at radius 3 is 2.73 bits per heavy atom. The van der Waals surface area contributed by atoms with Gasteiger partial charge in [-0.25, -0.2) is 13.1 Å². The van der Waals surface area contributed by atoms with Crippen LogP contribution >= 0.6 is 0 Å². The molecule has 1 aliphatic rings. The molecular formula is C26H35N5O5S. The van der Waals surface area contributed by atoms with Gasteiger partial charge in [-0.15, -0.1) is 5.10 Å². The van der Waals surface area contributed by atoms with Crippen LogP contribution in [-0.2, 0) is 32.7 Å². The van der Waals surface area contributed by atoms with Gasteiger partial charge in [0.1, 0.15) is 0 Å². The second kappa shape index (κ2) is 11.7. The molecule has 0 bridgehead atoms. The van der Waals surface area contributed by atoms with Gasteiger partial charge in [0.15, 0.2) is 0 Å². The van der Waals surface area contributed by atoms with Gasteiger partial charge in [0.25, 0.3) is 0 Å². The molecule has 0 unspecified atom stereocenters. The van der Waals surface area contributed by atoms with Crippen LogP contribution in [0.2, 0.25) is 0 Å². The van der Waals surface area contributed by atoms with E-state index < -0.39 is 16.1 Å². The van der Waals surface area contributed by atoms with Crippen LogP contribution < -0.4 is 0 Å². The quantitative estimate of drug-likeness (QED) is 0.521. The predicted molar refractivity (Wildman–Crippen MR) is 139 cm³/mol. The molecule has 1 amide bonds. The van der Waals surface area contributed by atoms with Crippen molar-refractivity contribution in [1.29, 1.82) is 0 Å². The molecule has 4 rings (SSSR count). The lowest BCUT2D eigenvalue weighted by atomic mass is 10.0. The van der Waals surface area contributed by atoms with Gasteiger partial charge in [-0.1, -0.05) is 42.5 Å². The van der Waals surface area contributed by atoms with E-state index in [2.05, 4.69) is 10.3 Å². The van der Waals surface area contributed by atoms with E-state index >= 15 is 0 Å². The minimum atomic E-state index is -3.80. The highest BCUT2D eigenvalue weighted by Crippen LogP contribution is 2.24. The van der Waals surface area contributed by atoms with Crippen LogP contribution in [0.4, 0.5) is 0 Å².